The van der Waals surface area contributed by atoms with Crippen LogP contribution in [0.5, 0.6) is 0 Å². The molecule has 2 aromatic rings. The summed E-state index contributed by atoms with van der Waals surface area (Å²) in [4.78, 5) is 29.9. The lowest BCUT2D eigenvalue weighted by Gasteiger charge is -2.38. The molecule has 0 N–H and O–H groups in total. The van der Waals surface area contributed by atoms with Crippen molar-refractivity contribution in [2.24, 2.45) is 5.92 Å². The van der Waals surface area contributed by atoms with Gasteiger partial charge in [-0.15, -0.1) is 11.3 Å². The third-order valence-electron chi connectivity index (χ3n) is 5.67. The first-order chi connectivity index (χ1) is 14.0. The number of thiophene rings is 1. The van der Waals surface area contributed by atoms with Gasteiger partial charge in [0.2, 0.25) is 5.91 Å². The highest BCUT2D eigenvalue weighted by Crippen LogP contribution is 2.27. The number of carbonyl (C=O) groups is 2. The molecule has 156 valence electrons. The van der Waals surface area contributed by atoms with Crippen LogP contribution in [0.25, 0.3) is 10.6 Å². The zero-order chi connectivity index (χ0) is 20.4. The van der Waals surface area contributed by atoms with Gasteiger partial charge in [0.25, 0.3) is 0 Å². The van der Waals surface area contributed by atoms with Crippen LogP contribution in [0.4, 0.5) is 4.79 Å². The maximum absolute atomic E-state index is 12.7. The van der Waals surface area contributed by atoms with Crippen molar-refractivity contribution in [2.45, 2.75) is 51.7 Å². The summed E-state index contributed by atoms with van der Waals surface area (Å²) in [5.41, 5.74) is 0.898. The van der Waals surface area contributed by atoms with Gasteiger partial charge < -0.3 is 9.64 Å². The van der Waals surface area contributed by atoms with Crippen molar-refractivity contribution >= 4 is 23.3 Å². The summed E-state index contributed by atoms with van der Waals surface area (Å²) in [7, 11) is 0. The fourth-order valence-electron chi connectivity index (χ4n) is 4.28. The predicted octanol–water partition coefficient (Wildman–Crippen LogP) is 3.47. The lowest BCUT2D eigenvalue weighted by atomic mass is 9.98. The van der Waals surface area contributed by atoms with Crippen molar-refractivity contribution in [2.75, 3.05) is 19.7 Å². The number of ether oxygens (including phenoxy) is 1. The number of hydrogen-bond acceptors (Lipinski definition) is 5. The fraction of sp³-hybridized carbons (Fsp3) is 0.571. The monoisotopic (exact) mass is 416 g/mol. The Hall–Kier alpha value is -2.35. The molecule has 2 amide bonds. The number of hydrogen-bond donors (Lipinski definition) is 0. The first-order valence-electron chi connectivity index (χ1n) is 10.3. The van der Waals surface area contributed by atoms with Gasteiger partial charge in [0, 0.05) is 25.3 Å². The van der Waals surface area contributed by atoms with Gasteiger partial charge in [-0.1, -0.05) is 19.9 Å². The Balaban J connectivity index is 1.31. The lowest BCUT2D eigenvalue weighted by Crippen LogP contribution is -2.50. The van der Waals surface area contributed by atoms with E-state index in [0.29, 0.717) is 25.6 Å². The minimum atomic E-state index is -0.196. The zero-order valence-corrected chi connectivity index (χ0v) is 17.8. The highest BCUT2D eigenvalue weighted by atomic mass is 32.1. The molecule has 0 bridgehead atoms. The van der Waals surface area contributed by atoms with Crippen molar-refractivity contribution < 1.29 is 14.3 Å². The lowest BCUT2D eigenvalue weighted by molar-refractivity contribution is -0.133. The Kier molecular flexibility index (Phi) is 5.89. The SMILES string of the molecule is CC(C)C[C@@H]1COC(=O)N1C1CCN(C(=O)Cn2ccc(-c3cccs3)n2)CC1. The molecule has 0 aliphatic carbocycles. The summed E-state index contributed by atoms with van der Waals surface area (Å²) >= 11 is 1.64. The molecule has 29 heavy (non-hydrogen) atoms. The molecule has 0 radical (unpaired) electrons. The van der Waals surface area contributed by atoms with Crippen LogP contribution < -0.4 is 0 Å². The molecule has 2 aromatic heterocycles. The Morgan fingerprint density at radius 2 is 2.10 bits per heavy atom. The Morgan fingerprint density at radius 1 is 1.31 bits per heavy atom. The molecule has 1 atom stereocenters. The van der Waals surface area contributed by atoms with E-state index in [0.717, 1.165) is 29.8 Å². The van der Waals surface area contributed by atoms with Gasteiger partial charge in [0.05, 0.1) is 10.9 Å². The van der Waals surface area contributed by atoms with Crippen molar-refractivity contribution in [3.05, 3.63) is 29.8 Å². The number of nitrogens with zero attached hydrogens (tertiary/aromatic N) is 4. The van der Waals surface area contributed by atoms with E-state index in [-0.39, 0.29) is 30.6 Å². The highest BCUT2D eigenvalue weighted by Gasteiger charge is 2.39. The fourth-order valence-corrected chi connectivity index (χ4v) is 4.97. The van der Waals surface area contributed by atoms with Crippen molar-refractivity contribution in [1.29, 1.82) is 0 Å². The smallest absolute Gasteiger partial charge is 0.410 e. The standard InChI is InChI=1S/C21H28N4O3S/c1-15(2)12-17-14-28-21(27)25(17)16-5-8-23(9-6-16)20(26)13-24-10-7-18(22-24)19-4-3-11-29-19/h3-4,7,10-11,15-17H,5-6,8-9,12-14H2,1-2H3/t17-/m1/s1. The van der Waals surface area contributed by atoms with Crippen LogP contribution in [-0.2, 0) is 16.1 Å². The molecule has 2 aliphatic heterocycles. The van der Waals surface area contributed by atoms with E-state index >= 15 is 0 Å². The summed E-state index contributed by atoms with van der Waals surface area (Å²) in [6.45, 7) is 6.41. The van der Waals surface area contributed by atoms with E-state index in [9.17, 15) is 9.59 Å². The number of rotatable bonds is 6. The number of amides is 2. The van der Waals surface area contributed by atoms with E-state index in [1.165, 1.54) is 0 Å². The molecule has 7 nitrogen and oxygen atoms in total. The van der Waals surface area contributed by atoms with Crippen LogP contribution in [0.15, 0.2) is 29.8 Å². The second-order valence-corrected chi connectivity index (χ2v) is 9.20. The van der Waals surface area contributed by atoms with E-state index in [1.807, 2.05) is 39.6 Å². The molecule has 0 spiro atoms. The average molecular weight is 417 g/mol. The normalized spacial score (nSPS) is 20.5. The zero-order valence-electron chi connectivity index (χ0n) is 17.0. The highest BCUT2D eigenvalue weighted by molar-refractivity contribution is 7.13. The van der Waals surface area contributed by atoms with E-state index in [1.54, 1.807) is 16.0 Å². The number of piperidine rings is 1. The van der Waals surface area contributed by atoms with E-state index in [4.69, 9.17) is 4.74 Å². The van der Waals surface area contributed by atoms with Crippen LogP contribution in [0.2, 0.25) is 0 Å². The van der Waals surface area contributed by atoms with Crippen LogP contribution in [-0.4, -0.2) is 63.4 Å². The third kappa shape index (κ3) is 4.47. The van der Waals surface area contributed by atoms with Crippen LogP contribution in [0.3, 0.4) is 0 Å². The molecule has 4 rings (SSSR count). The first-order valence-corrected chi connectivity index (χ1v) is 11.2. The van der Waals surface area contributed by atoms with Gasteiger partial charge in [0.1, 0.15) is 18.8 Å². The molecular weight excluding hydrogens is 388 g/mol. The largest absolute Gasteiger partial charge is 0.447 e. The number of aromatic nitrogens is 2. The second kappa shape index (κ2) is 8.57. The summed E-state index contributed by atoms with van der Waals surface area (Å²) in [5, 5.41) is 6.54. The average Bonchev–Trinajstić information content (AvgIpc) is 3.43. The van der Waals surface area contributed by atoms with Gasteiger partial charge in [-0.2, -0.15) is 5.10 Å². The van der Waals surface area contributed by atoms with Gasteiger partial charge in [0.15, 0.2) is 0 Å². The summed E-state index contributed by atoms with van der Waals surface area (Å²) < 4.78 is 7.02. The van der Waals surface area contributed by atoms with Gasteiger partial charge >= 0.3 is 6.09 Å². The minimum absolute atomic E-state index is 0.0759. The Morgan fingerprint density at radius 3 is 2.79 bits per heavy atom. The molecule has 2 aliphatic rings. The van der Waals surface area contributed by atoms with Gasteiger partial charge in [-0.3, -0.25) is 14.4 Å². The quantitative estimate of drug-likeness (QED) is 0.723. The molecule has 0 unspecified atom stereocenters. The minimum Gasteiger partial charge on any atom is -0.447 e. The Bertz CT molecular complexity index is 840. The molecular formula is C21H28N4O3S. The van der Waals surface area contributed by atoms with Crippen LogP contribution in [0, 0.1) is 5.92 Å². The van der Waals surface area contributed by atoms with Crippen LogP contribution in [0.1, 0.15) is 33.1 Å². The number of cyclic esters (lactones) is 1. The molecule has 0 saturated carbocycles. The molecule has 0 aromatic carbocycles. The summed E-state index contributed by atoms with van der Waals surface area (Å²) in [5.74, 6) is 0.596. The molecule has 2 fully saturated rings. The van der Waals surface area contributed by atoms with Crippen molar-refractivity contribution in [1.82, 2.24) is 19.6 Å². The summed E-state index contributed by atoms with van der Waals surface area (Å²) in [6.07, 6.45) is 4.22. The van der Waals surface area contributed by atoms with E-state index in [2.05, 4.69) is 18.9 Å². The van der Waals surface area contributed by atoms with Crippen molar-refractivity contribution in [3.63, 3.8) is 0 Å². The molecule has 8 heteroatoms. The van der Waals surface area contributed by atoms with Gasteiger partial charge in [-0.25, -0.2) is 4.79 Å². The topological polar surface area (TPSA) is 67.7 Å². The third-order valence-corrected chi connectivity index (χ3v) is 6.56. The maximum atomic E-state index is 12.7. The predicted molar refractivity (Wildman–Crippen MR) is 112 cm³/mol. The van der Waals surface area contributed by atoms with Crippen LogP contribution >= 0.6 is 11.3 Å². The van der Waals surface area contributed by atoms with Crippen molar-refractivity contribution in [3.8, 4) is 10.6 Å². The van der Waals surface area contributed by atoms with E-state index < -0.39 is 0 Å². The summed E-state index contributed by atoms with van der Waals surface area (Å²) in [6, 6.07) is 6.29. The Labute approximate surface area is 175 Å². The molecule has 2 saturated heterocycles. The second-order valence-electron chi connectivity index (χ2n) is 8.26. The van der Waals surface area contributed by atoms with Gasteiger partial charge in [-0.05, 0) is 42.7 Å². The molecule has 4 heterocycles. The number of likely N-dealkylation sites (tertiary alicyclic amines) is 1. The maximum Gasteiger partial charge on any atom is 0.410 e. The number of carbonyl (C=O) groups excluding carboxylic acids is 2. The first kappa shape index (κ1) is 19.9.